The maximum atomic E-state index is 11.8. The molecule has 0 N–H and O–H groups in total. The van der Waals surface area contributed by atoms with Gasteiger partial charge in [0.05, 0.1) is 4.47 Å². The Balaban J connectivity index is 2.75. The number of halogens is 3. The van der Waals surface area contributed by atoms with Crippen molar-refractivity contribution >= 4 is 21.9 Å². The van der Waals surface area contributed by atoms with Crippen LogP contribution in [-0.2, 0) is 4.79 Å². The normalized spacial score (nSPS) is 10.2. The Kier molecular flexibility index (Phi) is 3.36. The highest BCUT2D eigenvalue weighted by Gasteiger charge is 2.18. The van der Waals surface area contributed by atoms with Crippen molar-refractivity contribution in [3.8, 4) is 5.75 Å². The predicted molar refractivity (Wildman–Crippen MR) is 45.8 cm³/mol. The highest BCUT2D eigenvalue weighted by atomic mass is 79.9. The molecule has 0 aromatic heterocycles. The molecule has 0 saturated heterocycles. The number of hydrogen-bond donors (Lipinski definition) is 0. The summed E-state index contributed by atoms with van der Waals surface area (Å²) in [5.41, 5.74) is 0. The van der Waals surface area contributed by atoms with Crippen LogP contribution >= 0.6 is 15.9 Å². The van der Waals surface area contributed by atoms with Crippen LogP contribution in [-0.4, -0.2) is 12.4 Å². The average Bonchev–Trinajstić information content (AvgIpc) is 2.08. The molecule has 0 aliphatic carbocycles. The lowest BCUT2D eigenvalue weighted by atomic mass is 10.3. The molecule has 1 aromatic carbocycles. The highest BCUT2D eigenvalue weighted by Crippen LogP contribution is 2.24. The lowest BCUT2D eigenvalue weighted by Gasteiger charge is -2.04. The van der Waals surface area contributed by atoms with Gasteiger partial charge in [-0.2, -0.15) is 8.78 Å². The van der Waals surface area contributed by atoms with Gasteiger partial charge in [-0.1, -0.05) is 12.1 Å². The van der Waals surface area contributed by atoms with Gasteiger partial charge >= 0.3 is 12.4 Å². The Morgan fingerprint density at radius 2 is 2.00 bits per heavy atom. The maximum absolute atomic E-state index is 11.8. The van der Waals surface area contributed by atoms with Crippen molar-refractivity contribution in [1.82, 2.24) is 0 Å². The molecule has 0 bridgehead atoms. The third-order valence-corrected chi connectivity index (χ3v) is 1.88. The number of para-hydroxylation sites is 1. The summed E-state index contributed by atoms with van der Waals surface area (Å²) < 4.78 is 28.3. The number of carbonyl (C=O) groups excluding carboxylic acids is 1. The summed E-state index contributed by atoms with van der Waals surface area (Å²) in [6.07, 6.45) is -3.10. The van der Waals surface area contributed by atoms with E-state index in [0.717, 1.165) is 0 Å². The molecule has 0 unspecified atom stereocenters. The number of benzene rings is 1. The van der Waals surface area contributed by atoms with E-state index in [9.17, 15) is 13.6 Å². The minimum absolute atomic E-state index is 0.0906. The van der Waals surface area contributed by atoms with Crippen LogP contribution in [0.4, 0.5) is 8.78 Å². The van der Waals surface area contributed by atoms with Crippen LogP contribution in [0.3, 0.4) is 0 Å². The topological polar surface area (TPSA) is 26.3 Å². The summed E-state index contributed by atoms with van der Waals surface area (Å²) in [5.74, 6) is -1.46. The molecule has 1 aromatic rings. The van der Waals surface area contributed by atoms with Gasteiger partial charge in [0.2, 0.25) is 0 Å². The second kappa shape index (κ2) is 4.32. The minimum Gasteiger partial charge on any atom is -0.421 e. The Labute approximate surface area is 81.6 Å². The molecule has 0 aliphatic heterocycles. The first-order valence-corrected chi connectivity index (χ1v) is 4.15. The lowest BCUT2D eigenvalue weighted by molar-refractivity contribution is -0.146. The van der Waals surface area contributed by atoms with Gasteiger partial charge in [0.25, 0.3) is 0 Å². The Morgan fingerprint density at radius 3 is 2.54 bits per heavy atom. The second-order valence-electron chi connectivity index (χ2n) is 2.15. The summed E-state index contributed by atoms with van der Waals surface area (Å²) in [6, 6.07) is 6.28. The smallest absolute Gasteiger partial charge is 0.379 e. The van der Waals surface area contributed by atoms with Crippen LogP contribution in [0, 0.1) is 0 Å². The number of alkyl halides is 2. The third kappa shape index (κ3) is 2.77. The highest BCUT2D eigenvalue weighted by molar-refractivity contribution is 9.10. The molecular formula is C8H5BrF2O2. The number of hydrogen-bond acceptors (Lipinski definition) is 2. The van der Waals surface area contributed by atoms with E-state index in [-0.39, 0.29) is 5.75 Å². The van der Waals surface area contributed by atoms with Gasteiger partial charge in [0, 0.05) is 0 Å². The fourth-order valence-electron chi connectivity index (χ4n) is 0.680. The van der Waals surface area contributed by atoms with Crippen molar-refractivity contribution in [3.05, 3.63) is 28.7 Å². The standard InChI is InChI=1S/C8H5BrF2O2/c9-5-3-1-2-4-6(5)13-8(12)7(10)11/h1-4,7H. The summed E-state index contributed by atoms with van der Waals surface area (Å²) in [7, 11) is 0. The van der Waals surface area contributed by atoms with Gasteiger partial charge in [0.15, 0.2) is 0 Å². The van der Waals surface area contributed by atoms with Crippen molar-refractivity contribution in [3.63, 3.8) is 0 Å². The number of ether oxygens (including phenoxy) is 1. The van der Waals surface area contributed by atoms with Crippen molar-refractivity contribution in [2.24, 2.45) is 0 Å². The first-order valence-electron chi connectivity index (χ1n) is 3.35. The maximum Gasteiger partial charge on any atom is 0.379 e. The van der Waals surface area contributed by atoms with E-state index in [2.05, 4.69) is 20.7 Å². The monoisotopic (exact) mass is 250 g/mol. The van der Waals surface area contributed by atoms with Gasteiger partial charge in [-0.15, -0.1) is 0 Å². The van der Waals surface area contributed by atoms with Gasteiger partial charge in [-0.3, -0.25) is 0 Å². The van der Waals surface area contributed by atoms with Gasteiger partial charge < -0.3 is 4.74 Å². The molecule has 0 fully saturated rings. The van der Waals surface area contributed by atoms with Crippen LogP contribution in [0.5, 0.6) is 5.75 Å². The summed E-state index contributed by atoms with van der Waals surface area (Å²) >= 11 is 3.05. The van der Waals surface area contributed by atoms with E-state index in [1.165, 1.54) is 6.07 Å². The van der Waals surface area contributed by atoms with Crippen LogP contribution in [0.2, 0.25) is 0 Å². The Bertz CT molecular complexity index is 315. The van der Waals surface area contributed by atoms with E-state index in [1.54, 1.807) is 18.2 Å². The molecule has 0 amide bonds. The van der Waals surface area contributed by atoms with Gasteiger partial charge in [0.1, 0.15) is 5.75 Å². The number of rotatable bonds is 2. The van der Waals surface area contributed by atoms with Crippen LogP contribution in [0.1, 0.15) is 0 Å². The van der Waals surface area contributed by atoms with Gasteiger partial charge in [-0.05, 0) is 28.1 Å². The zero-order valence-electron chi connectivity index (χ0n) is 6.34. The van der Waals surface area contributed by atoms with E-state index in [0.29, 0.717) is 4.47 Å². The van der Waals surface area contributed by atoms with E-state index >= 15 is 0 Å². The second-order valence-corrected chi connectivity index (χ2v) is 3.01. The molecule has 13 heavy (non-hydrogen) atoms. The molecule has 70 valence electrons. The molecular weight excluding hydrogens is 246 g/mol. The molecule has 0 spiro atoms. The Morgan fingerprint density at radius 1 is 1.38 bits per heavy atom. The summed E-state index contributed by atoms with van der Waals surface area (Å²) in [5, 5.41) is 0. The fourth-order valence-corrected chi connectivity index (χ4v) is 1.05. The molecule has 0 atom stereocenters. The molecule has 0 heterocycles. The molecule has 0 radical (unpaired) electrons. The lowest BCUT2D eigenvalue weighted by Crippen LogP contribution is -2.17. The fraction of sp³-hybridized carbons (Fsp3) is 0.125. The van der Waals surface area contributed by atoms with Crippen LogP contribution in [0.25, 0.3) is 0 Å². The molecule has 0 saturated carbocycles. The molecule has 0 aliphatic rings. The first kappa shape index (κ1) is 10.1. The first-order chi connectivity index (χ1) is 6.11. The van der Waals surface area contributed by atoms with Crippen molar-refractivity contribution in [1.29, 1.82) is 0 Å². The number of esters is 1. The molecule has 5 heteroatoms. The van der Waals surface area contributed by atoms with E-state index in [1.807, 2.05) is 0 Å². The quantitative estimate of drug-likeness (QED) is 0.596. The molecule has 1 rings (SSSR count). The number of carbonyl (C=O) groups is 1. The zero-order chi connectivity index (χ0) is 9.84. The van der Waals surface area contributed by atoms with Crippen molar-refractivity contribution < 1.29 is 18.3 Å². The van der Waals surface area contributed by atoms with Crippen LogP contribution < -0.4 is 4.74 Å². The largest absolute Gasteiger partial charge is 0.421 e. The zero-order valence-corrected chi connectivity index (χ0v) is 7.92. The van der Waals surface area contributed by atoms with E-state index < -0.39 is 12.4 Å². The average molecular weight is 251 g/mol. The summed E-state index contributed by atoms with van der Waals surface area (Å²) in [4.78, 5) is 10.5. The molecule has 2 nitrogen and oxygen atoms in total. The van der Waals surface area contributed by atoms with Crippen LogP contribution in [0.15, 0.2) is 28.7 Å². The Hall–Kier alpha value is -0.970. The minimum atomic E-state index is -3.10. The predicted octanol–water partition coefficient (Wildman–Crippen LogP) is 2.62. The van der Waals surface area contributed by atoms with Gasteiger partial charge in [-0.25, -0.2) is 4.79 Å². The third-order valence-electron chi connectivity index (χ3n) is 1.23. The van der Waals surface area contributed by atoms with E-state index in [4.69, 9.17) is 0 Å². The SMILES string of the molecule is O=C(Oc1ccccc1Br)C(F)F. The van der Waals surface area contributed by atoms with Crippen molar-refractivity contribution in [2.75, 3.05) is 0 Å². The van der Waals surface area contributed by atoms with Crippen molar-refractivity contribution in [2.45, 2.75) is 6.43 Å². The summed E-state index contributed by atoms with van der Waals surface area (Å²) in [6.45, 7) is 0.